The molecule has 4 nitrogen and oxygen atoms in total. The van der Waals surface area contributed by atoms with E-state index in [1.165, 1.54) is 0 Å². The first-order chi connectivity index (χ1) is 11.4. The standard InChI is InChI=1S/C19H18BrNO3/c1-12(13-7-9-15(20)10-8-13)21-18(23)19(2)11-14-5-3-4-6-16(14)17(22)24-19/h3-10,12H,11H2,1-2H3,(H,21,23)/t12-,19-/m1/s1. The Morgan fingerprint density at radius 3 is 2.58 bits per heavy atom. The maximum Gasteiger partial charge on any atom is 0.339 e. The highest BCUT2D eigenvalue weighted by Gasteiger charge is 2.42. The summed E-state index contributed by atoms with van der Waals surface area (Å²) in [5.74, 6) is -0.744. The van der Waals surface area contributed by atoms with Crippen molar-refractivity contribution in [2.45, 2.75) is 31.9 Å². The van der Waals surface area contributed by atoms with Crippen LogP contribution in [0.5, 0.6) is 0 Å². The lowest BCUT2D eigenvalue weighted by molar-refractivity contribution is -0.140. The number of carbonyl (C=O) groups excluding carboxylic acids is 2. The number of amides is 1. The van der Waals surface area contributed by atoms with E-state index in [4.69, 9.17) is 4.74 Å². The van der Waals surface area contributed by atoms with E-state index in [0.29, 0.717) is 12.0 Å². The summed E-state index contributed by atoms with van der Waals surface area (Å²) in [4.78, 5) is 24.9. The molecule has 0 unspecified atom stereocenters. The zero-order chi connectivity index (χ0) is 17.3. The van der Waals surface area contributed by atoms with Gasteiger partial charge in [0, 0.05) is 10.9 Å². The van der Waals surface area contributed by atoms with Gasteiger partial charge in [-0.25, -0.2) is 4.79 Å². The van der Waals surface area contributed by atoms with E-state index < -0.39 is 11.6 Å². The second kappa shape index (κ2) is 6.40. The first kappa shape index (κ1) is 16.7. The Balaban J connectivity index is 1.77. The molecular formula is C19H18BrNO3. The van der Waals surface area contributed by atoms with Crippen LogP contribution >= 0.6 is 15.9 Å². The van der Waals surface area contributed by atoms with Gasteiger partial charge in [-0.3, -0.25) is 4.79 Å². The van der Waals surface area contributed by atoms with Crippen LogP contribution in [0.4, 0.5) is 0 Å². The van der Waals surface area contributed by atoms with Gasteiger partial charge in [-0.05, 0) is 43.2 Å². The third-order valence-corrected chi connectivity index (χ3v) is 4.81. The summed E-state index contributed by atoms with van der Waals surface area (Å²) in [6.45, 7) is 3.56. The van der Waals surface area contributed by atoms with E-state index in [9.17, 15) is 9.59 Å². The molecule has 0 radical (unpaired) electrons. The minimum Gasteiger partial charge on any atom is -0.445 e. The Hall–Kier alpha value is -2.14. The van der Waals surface area contributed by atoms with Crippen molar-refractivity contribution in [3.05, 3.63) is 69.7 Å². The van der Waals surface area contributed by atoms with Crippen LogP contribution < -0.4 is 5.32 Å². The van der Waals surface area contributed by atoms with Gasteiger partial charge in [0.15, 0.2) is 5.60 Å². The topological polar surface area (TPSA) is 55.4 Å². The number of carbonyl (C=O) groups is 2. The second-order valence-electron chi connectivity index (χ2n) is 6.20. The number of fused-ring (bicyclic) bond motifs is 1. The maximum absolute atomic E-state index is 12.7. The van der Waals surface area contributed by atoms with Gasteiger partial charge < -0.3 is 10.1 Å². The normalized spacial score (nSPS) is 20.7. The van der Waals surface area contributed by atoms with Gasteiger partial charge in [-0.2, -0.15) is 0 Å². The molecule has 2 aromatic carbocycles. The fourth-order valence-electron chi connectivity index (χ4n) is 2.84. The monoisotopic (exact) mass is 387 g/mol. The third kappa shape index (κ3) is 3.22. The smallest absolute Gasteiger partial charge is 0.339 e. The van der Waals surface area contributed by atoms with Gasteiger partial charge in [0.25, 0.3) is 5.91 Å². The molecule has 1 aliphatic heterocycles. The van der Waals surface area contributed by atoms with Crippen molar-refractivity contribution >= 4 is 27.8 Å². The lowest BCUT2D eigenvalue weighted by Crippen LogP contribution is -2.52. The SMILES string of the molecule is C[C@@H](NC(=O)[C@@]1(C)Cc2ccccc2C(=O)O1)c1ccc(Br)cc1. The van der Waals surface area contributed by atoms with Gasteiger partial charge in [-0.15, -0.1) is 0 Å². The van der Waals surface area contributed by atoms with Crippen molar-refractivity contribution in [1.82, 2.24) is 5.32 Å². The van der Waals surface area contributed by atoms with Gasteiger partial charge in [0.1, 0.15) is 0 Å². The summed E-state index contributed by atoms with van der Waals surface area (Å²) in [5, 5.41) is 2.95. The predicted octanol–water partition coefficient (Wildman–Crippen LogP) is 3.80. The average molecular weight is 388 g/mol. The fraction of sp³-hybridized carbons (Fsp3) is 0.263. The predicted molar refractivity (Wildman–Crippen MR) is 94.7 cm³/mol. The minimum atomic E-state index is -1.20. The molecule has 0 bridgehead atoms. The van der Waals surface area contributed by atoms with Crippen molar-refractivity contribution in [3.8, 4) is 0 Å². The van der Waals surface area contributed by atoms with Gasteiger partial charge in [0.05, 0.1) is 11.6 Å². The maximum atomic E-state index is 12.7. The lowest BCUT2D eigenvalue weighted by atomic mass is 9.89. The van der Waals surface area contributed by atoms with Crippen molar-refractivity contribution < 1.29 is 14.3 Å². The minimum absolute atomic E-state index is 0.182. The number of hydrogen-bond acceptors (Lipinski definition) is 3. The first-order valence-electron chi connectivity index (χ1n) is 7.77. The molecule has 1 amide bonds. The quantitative estimate of drug-likeness (QED) is 0.814. The van der Waals surface area contributed by atoms with Crippen LogP contribution in [0, 0.1) is 0 Å². The van der Waals surface area contributed by atoms with E-state index in [1.807, 2.05) is 43.3 Å². The number of cyclic esters (lactones) is 1. The number of hydrogen-bond donors (Lipinski definition) is 1. The third-order valence-electron chi connectivity index (χ3n) is 4.28. The molecule has 0 aromatic heterocycles. The van der Waals surface area contributed by atoms with Crippen LogP contribution in [0.15, 0.2) is 53.0 Å². The molecule has 2 aromatic rings. The molecule has 0 aliphatic carbocycles. The molecule has 1 N–H and O–H groups in total. The number of halogens is 1. The summed E-state index contributed by atoms with van der Waals surface area (Å²) in [5.41, 5.74) is 1.15. The van der Waals surface area contributed by atoms with Crippen molar-refractivity contribution in [2.24, 2.45) is 0 Å². The Morgan fingerprint density at radius 1 is 1.21 bits per heavy atom. The molecule has 24 heavy (non-hydrogen) atoms. The summed E-state index contributed by atoms with van der Waals surface area (Å²) < 4.78 is 6.44. The van der Waals surface area contributed by atoms with Crippen LogP contribution in [-0.4, -0.2) is 17.5 Å². The molecule has 3 rings (SSSR count). The summed E-state index contributed by atoms with van der Waals surface area (Å²) in [7, 11) is 0. The molecule has 0 spiro atoms. The first-order valence-corrected chi connectivity index (χ1v) is 8.56. The highest BCUT2D eigenvalue weighted by Crippen LogP contribution is 2.29. The van der Waals surface area contributed by atoms with Crippen LogP contribution in [0.1, 0.15) is 41.4 Å². The van der Waals surface area contributed by atoms with Gasteiger partial charge in [0.2, 0.25) is 0 Å². The lowest BCUT2D eigenvalue weighted by Gasteiger charge is -2.34. The van der Waals surface area contributed by atoms with Crippen LogP contribution in [0.3, 0.4) is 0 Å². The second-order valence-corrected chi connectivity index (χ2v) is 7.12. The molecule has 0 saturated carbocycles. The highest BCUT2D eigenvalue weighted by molar-refractivity contribution is 9.10. The van der Waals surface area contributed by atoms with Crippen molar-refractivity contribution in [2.75, 3.05) is 0 Å². The Bertz CT molecular complexity index is 787. The van der Waals surface area contributed by atoms with E-state index in [1.54, 1.807) is 19.1 Å². The molecule has 1 aliphatic rings. The Kier molecular flexibility index (Phi) is 4.45. The average Bonchev–Trinajstić information content (AvgIpc) is 2.55. The molecule has 2 atom stereocenters. The molecule has 0 fully saturated rings. The van der Waals surface area contributed by atoms with E-state index in [0.717, 1.165) is 15.6 Å². The van der Waals surface area contributed by atoms with E-state index in [-0.39, 0.29) is 11.9 Å². The largest absolute Gasteiger partial charge is 0.445 e. The van der Waals surface area contributed by atoms with Crippen LogP contribution in [0.2, 0.25) is 0 Å². The number of rotatable bonds is 3. The Labute approximate surface area is 149 Å². The number of esters is 1. The molecule has 0 saturated heterocycles. The Morgan fingerprint density at radius 2 is 1.88 bits per heavy atom. The molecule has 5 heteroatoms. The molecular weight excluding hydrogens is 370 g/mol. The fourth-order valence-corrected chi connectivity index (χ4v) is 3.11. The zero-order valence-electron chi connectivity index (χ0n) is 13.5. The number of ether oxygens (including phenoxy) is 1. The van der Waals surface area contributed by atoms with Crippen molar-refractivity contribution in [1.29, 1.82) is 0 Å². The summed E-state index contributed by atoms with van der Waals surface area (Å²) in [6.07, 6.45) is 0.369. The highest BCUT2D eigenvalue weighted by atomic mass is 79.9. The van der Waals surface area contributed by atoms with Crippen LogP contribution in [0.25, 0.3) is 0 Å². The van der Waals surface area contributed by atoms with Gasteiger partial charge >= 0.3 is 5.97 Å². The van der Waals surface area contributed by atoms with Gasteiger partial charge in [-0.1, -0.05) is 46.3 Å². The van der Waals surface area contributed by atoms with Crippen LogP contribution in [-0.2, 0) is 16.0 Å². The number of benzene rings is 2. The summed E-state index contributed by atoms with van der Waals surface area (Å²) >= 11 is 3.39. The summed E-state index contributed by atoms with van der Waals surface area (Å²) in [6, 6.07) is 14.8. The van der Waals surface area contributed by atoms with E-state index >= 15 is 0 Å². The van der Waals surface area contributed by atoms with Crippen molar-refractivity contribution in [3.63, 3.8) is 0 Å². The molecule has 124 valence electrons. The zero-order valence-corrected chi connectivity index (χ0v) is 15.1. The number of nitrogens with one attached hydrogen (secondary N) is 1. The van der Waals surface area contributed by atoms with E-state index in [2.05, 4.69) is 21.2 Å². The molecule has 1 heterocycles.